The molecule has 0 heterocycles. The summed E-state index contributed by atoms with van der Waals surface area (Å²) in [5, 5.41) is 0.332. The number of hydrogen-bond acceptors (Lipinski definition) is 2. The minimum Gasteiger partial charge on any atom is -0.295 e. The van der Waals surface area contributed by atoms with E-state index in [-0.39, 0.29) is 5.78 Å². The number of thiol groups is 1. The van der Waals surface area contributed by atoms with Crippen molar-refractivity contribution in [3.05, 3.63) is 35.4 Å². The van der Waals surface area contributed by atoms with Crippen molar-refractivity contribution in [3.63, 3.8) is 0 Å². The molecule has 1 aromatic carbocycles. The van der Waals surface area contributed by atoms with E-state index in [1.165, 1.54) is 5.56 Å². The minimum atomic E-state index is 0.114. The van der Waals surface area contributed by atoms with Gasteiger partial charge in [0.15, 0.2) is 5.78 Å². The first-order chi connectivity index (χ1) is 6.52. The Balaban J connectivity index is 2.88. The summed E-state index contributed by atoms with van der Waals surface area (Å²) in [7, 11) is 0. The Labute approximate surface area is 90.9 Å². The molecule has 1 rings (SSSR count). The number of rotatable bonds is 3. The highest BCUT2D eigenvalue weighted by molar-refractivity contribution is 7.81. The van der Waals surface area contributed by atoms with E-state index in [9.17, 15) is 4.79 Å². The lowest BCUT2D eigenvalue weighted by Crippen LogP contribution is -2.05. The van der Waals surface area contributed by atoms with Gasteiger partial charge in [0.1, 0.15) is 0 Å². The van der Waals surface area contributed by atoms with Gasteiger partial charge in [-0.15, -0.1) is 0 Å². The first kappa shape index (κ1) is 11.3. The summed E-state index contributed by atoms with van der Waals surface area (Å²) in [5.74, 6) is 0.530. The van der Waals surface area contributed by atoms with Crippen LogP contribution in [0.3, 0.4) is 0 Å². The van der Waals surface area contributed by atoms with Gasteiger partial charge in [-0.25, -0.2) is 0 Å². The van der Waals surface area contributed by atoms with Gasteiger partial charge in [0, 0.05) is 10.8 Å². The Hall–Kier alpha value is -0.760. The second-order valence-electron chi connectivity index (χ2n) is 3.71. The molecule has 2 heteroatoms. The van der Waals surface area contributed by atoms with Crippen molar-refractivity contribution in [2.24, 2.45) is 0 Å². The van der Waals surface area contributed by atoms with E-state index in [2.05, 4.69) is 26.5 Å². The third-order valence-electron chi connectivity index (χ3n) is 2.57. The molecule has 76 valence electrons. The molecule has 0 aliphatic heterocycles. The van der Waals surface area contributed by atoms with Crippen LogP contribution in [0.4, 0.5) is 0 Å². The van der Waals surface area contributed by atoms with Gasteiger partial charge in [0.05, 0.1) is 0 Å². The van der Waals surface area contributed by atoms with Gasteiger partial charge < -0.3 is 0 Å². The molecule has 0 saturated carbocycles. The predicted molar refractivity (Wildman–Crippen MR) is 63.3 cm³/mol. The van der Waals surface area contributed by atoms with Gasteiger partial charge in [-0.3, -0.25) is 4.79 Å². The SMILES string of the molecule is CC(=O)c1ccc(C(C)C(C)S)cc1. The molecule has 0 bridgehead atoms. The van der Waals surface area contributed by atoms with Gasteiger partial charge in [0.25, 0.3) is 0 Å². The van der Waals surface area contributed by atoms with E-state index in [0.717, 1.165) is 5.56 Å². The molecule has 2 unspecified atom stereocenters. The van der Waals surface area contributed by atoms with E-state index in [0.29, 0.717) is 11.2 Å². The lowest BCUT2D eigenvalue weighted by Gasteiger charge is -2.15. The molecule has 0 aliphatic rings. The highest BCUT2D eigenvalue weighted by Gasteiger charge is 2.10. The van der Waals surface area contributed by atoms with Gasteiger partial charge >= 0.3 is 0 Å². The minimum absolute atomic E-state index is 0.114. The summed E-state index contributed by atoms with van der Waals surface area (Å²) >= 11 is 4.40. The topological polar surface area (TPSA) is 17.1 Å². The standard InChI is InChI=1S/C12H16OS/c1-8(10(3)14)11-4-6-12(7-5-11)9(2)13/h4-8,10,14H,1-3H3. The summed E-state index contributed by atoms with van der Waals surface area (Å²) in [6, 6.07) is 7.77. The van der Waals surface area contributed by atoms with Gasteiger partial charge in [-0.05, 0) is 18.4 Å². The van der Waals surface area contributed by atoms with Gasteiger partial charge in [-0.2, -0.15) is 12.6 Å². The molecule has 0 fully saturated rings. The van der Waals surface area contributed by atoms with E-state index in [4.69, 9.17) is 0 Å². The zero-order valence-corrected chi connectivity index (χ0v) is 9.71. The quantitative estimate of drug-likeness (QED) is 0.595. The Morgan fingerprint density at radius 2 is 1.71 bits per heavy atom. The van der Waals surface area contributed by atoms with Crippen LogP contribution >= 0.6 is 12.6 Å². The fraction of sp³-hybridized carbons (Fsp3) is 0.417. The summed E-state index contributed by atoms with van der Waals surface area (Å²) in [6.45, 7) is 5.80. The van der Waals surface area contributed by atoms with E-state index in [1.54, 1.807) is 6.92 Å². The van der Waals surface area contributed by atoms with Crippen molar-refractivity contribution in [2.75, 3.05) is 0 Å². The smallest absolute Gasteiger partial charge is 0.159 e. The van der Waals surface area contributed by atoms with Crippen molar-refractivity contribution in [1.82, 2.24) is 0 Å². The maximum atomic E-state index is 11.0. The molecule has 1 aromatic rings. The van der Waals surface area contributed by atoms with Gasteiger partial charge in [0.2, 0.25) is 0 Å². The van der Waals surface area contributed by atoms with Crippen LogP contribution in [0.2, 0.25) is 0 Å². The highest BCUT2D eigenvalue weighted by atomic mass is 32.1. The number of carbonyl (C=O) groups excluding carboxylic acids is 1. The number of ketones is 1. The van der Waals surface area contributed by atoms with E-state index in [1.807, 2.05) is 24.3 Å². The van der Waals surface area contributed by atoms with Crippen LogP contribution in [-0.2, 0) is 0 Å². The number of benzene rings is 1. The van der Waals surface area contributed by atoms with Crippen LogP contribution in [-0.4, -0.2) is 11.0 Å². The van der Waals surface area contributed by atoms with Crippen LogP contribution in [0.25, 0.3) is 0 Å². The van der Waals surface area contributed by atoms with E-state index >= 15 is 0 Å². The van der Waals surface area contributed by atoms with Crippen molar-refractivity contribution in [1.29, 1.82) is 0 Å². The zero-order chi connectivity index (χ0) is 10.7. The number of Topliss-reactive ketones (excluding diaryl/α,β-unsaturated/α-hetero) is 1. The summed E-state index contributed by atoms with van der Waals surface area (Å²) in [4.78, 5) is 11.0. The van der Waals surface area contributed by atoms with Crippen molar-refractivity contribution >= 4 is 18.4 Å². The monoisotopic (exact) mass is 208 g/mol. The Morgan fingerprint density at radius 3 is 2.07 bits per heavy atom. The third kappa shape index (κ3) is 2.61. The Morgan fingerprint density at radius 1 is 1.21 bits per heavy atom. The largest absolute Gasteiger partial charge is 0.295 e. The normalized spacial score (nSPS) is 14.9. The summed E-state index contributed by atoms with van der Waals surface area (Å²) in [6.07, 6.45) is 0. The molecule has 2 atom stereocenters. The molecule has 14 heavy (non-hydrogen) atoms. The fourth-order valence-corrected chi connectivity index (χ4v) is 1.47. The lowest BCUT2D eigenvalue weighted by molar-refractivity contribution is 0.101. The fourth-order valence-electron chi connectivity index (χ4n) is 1.30. The average molecular weight is 208 g/mol. The Bertz CT molecular complexity index is 314. The molecule has 1 nitrogen and oxygen atoms in total. The van der Waals surface area contributed by atoms with Gasteiger partial charge in [-0.1, -0.05) is 38.1 Å². The molecule has 0 aliphatic carbocycles. The molecule has 0 saturated heterocycles. The van der Waals surface area contributed by atoms with Crippen molar-refractivity contribution in [2.45, 2.75) is 31.9 Å². The second kappa shape index (κ2) is 4.65. The Kier molecular flexibility index (Phi) is 3.76. The van der Waals surface area contributed by atoms with Crippen LogP contribution in [0.5, 0.6) is 0 Å². The summed E-state index contributed by atoms with van der Waals surface area (Å²) in [5.41, 5.74) is 2.00. The van der Waals surface area contributed by atoms with Crippen LogP contribution in [0, 0.1) is 0 Å². The third-order valence-corrected chi connectivity index (χ3v) is 3.01. The first-order valence-electron chi connectivity index (χ1n) is 4.81. The molecule has 0 N–H and O–H groups in total. The van der Waals surface area contributed by atoms with Crippen molar-refractivity contribution in [3.8, 4) is 0 Å². The predicted octanol–water partition coefficient (Wildman–Crippen LogP) is 3.31. The number of carbonyl (C=O) groups is 1. The first-order valence-corrected chi connectivity index (χ1v) is 5.33. The van der Waals surface area contributed by atoms with Crippen LogP contribution < -0.4 is 0 Å². The molecule has 0 amide bonds. The highest BCUT2D eigenvalue weighted by Crippen LogP contribution is 2.22. The summed E-state index contributed by atoms with van der Waals surface area (Å²) < 4.78 is 0. The molecular formula is C12H16OS. The maximum absolute atomic E-state index is 11.0. The number of hydrogen-bond donors (Lipinski definition) is 1. The average Bonchev–Trinajstić information content (AvgIpc) is 2.16. The van der Waals surface area contributed by atoms with Crippen LogP contribution in [0.1, 0.15) is 42.6 Å². The lowest BCUT2D eigenvalue weighted by atomic mass is 9.96. The molecule has 0 radical (unpaired) electrons. The molecular weight excluding hydrogens is 192 g/mol. The molecule has 0 spiro atoms. The maximum Gasteiger partial charge on any atom is 0.159 e. The van der Waals surface area contributed by atoms with Crippen molar-refractivity contribution < 1.29 is 4.79 Å². The molecule has 0 aromatic heterocycles. The van der Waals surface area contributed by atoms with Crippen LogP contribution in [0.15, 0.2) is 24.3 Å². The van der Waals surface area contributed by atoms with E-state index < -0.39 is 0 Å². The zero-order valence-electron chi connectivity index (χ0n) is 8.82. The second-order valence-corrected chi connectivity index (χ2v) is 4.52.